The van der Waals surface area contributed by atoms with Crippen LogP contribution in [-0.2, 0) is 0 Å². The average Bonchev–Trinajstić information content (AvgIpc) is 2.85. The molecule has 0 unspecified atom stereocenters. The molecular formula is C26H26O6. The standard InChI is InChI=1S/C26H26O6/c1-27-19-11-7-9-15-21(29-3)13-17(25(31-5)23(15)19)18-14-22(30-4)16-10-8-12-20(28-2)24(16)26(18)32-6/h7-14H,1-6H3. The van der Waals surface area contributed by atoms with Crippen molar-refractivity contribution in [1.29, 1.82) is 0 Å². The number of benzene rings is 4. The number of fused-ring (bicyclic) bond motifs is 2. The SMILES string of the molecule is COc1cc(-c2cc(OC)c3cccc(OC)c3c2OC)c(OC)c2c(OC)cccc12. The van der Waals surface area contributed by atoms with Crippen LogP contribution in [0.5, 0.6) is 34.5 Å². The number of hydrogen-bond acceptors (Lipinski definition) is 6. The molecule has 0 aliphatic carbocycles. The van der Waals surface area contributed by atoms with Crippen molar-refractivity contribution in [3.63, 3.8) is 0 Å². The Balaban J connectivity index is 2.21. The van der Waals surface area contributed by atoms with Crippen molar-refractivity contribution in [1.82, 2.24) is 0 Å². The quantitative estimate of drug-likeness (QED) is 0.371. The summed E-state index contributed by atoms with van der Waals surface area (Å²) in [5.74, 6) is 4.04. The minimum absolute atomic E-state index is 0.646. The Morgan fingerprint density at radius 3 is 1.12 bits per heavy atom. The normalized spacial score (nSPS) is 10.8. The summed E-state index contributed by atoms with van der Waals surface area (Å²) in [6.07, 6.45) is 0. The van der Waals surface area contributed by atoms with Gasteiger partial charge in [0.1, 0.15) is 34.5 Å². The van der Waals surface area contributed by atoms with Gasteiger partial charge in [-0.15, -0.1) is 0 Å². The van der Waals surface area contributed by atoms with E-state index in [-0.39, 0.29) is 0 Å². The summed E-state index contributed by atoms with van der Waals surface area (Å²) >= 11 is 0. The lowest BCUT2D eigenvalue weighted by atomic mass is 9.94. The molecule has 0 spiro atoms. The minimum atomic E-state index is 0.646. The summed E-state index contributed by atoms with van der Waals surface area (Å²) in [5.41, 5.74) is 1.56. The van der Waals surface area contributed by atoms with Crippen molar-refractivity contribution in [2.75, 3.05) is 42.7 Å². The van der Waals surface area contributed by atoms with Crippen LogP contribution in [-0.4, -0.2) is 42.7 Å². The largest absolute Gasteiger partial charge is 0.496 e. The molecule has 4 rings (SSSR count). The Kier molecular flexibility index (Phi) is 5.86. The lowest BCUT2D eigenvalue weighted by Gasteiger charge is -2.21. The second kappa shape index (κ2) is 8.75. The van der Waals surface area contributed by atoms with Crippen LogP contribution in [0.4, 0.5) is 0 Å². The molecule has 0 aliphatic rings. The second-order valence-electron chi connectivity index (χ2n) is 7.08. The Morgan fingerprint density at radius 2 is 0.812 bits per heavy atom. The number of methoxy groups -OCH3 is 6. The second-order valence-corrected chi connectivity index (χ2v) is 7.08. The molecule has 6 nitrogen and oxygen atoms in total. The lowest BCUT2D eigenvalue weighted by Crippen LogP contribution is -1.99. The topological polar surface area (TPSA) is 55.4 Å². The zero-order valence-corrected chi connectivity index (χ0v) is 19.1. The van der Waals surface area contributed by atoms with Crippen LogP contribution in [0.1, 0.15) is 0 Å². The van der Waals surface area contributed by atoms with Gasteiger partial charge in [0, 0.05) is 21.9 Å². The molecule has 166 valence electrons. The minimum Gasteiger partial charge on any atom is -0.496 e. The fourth-order valence-corrected chi connectivity index (χ4v) is 4.26. The van der Waals surface area contributed by atoms with E-state index in [1.165, 1.54) is 0 Å². The van der Waals surface area contributed by atoms with E-state index in [0.29, 0.717) is 34.5 Å². The van der Waals surface area contributed by atoms with Crippen molar-refractivity contribution in [3.8, 4) is 45.6 Å². The van der Waals surface area contributed by atoms with E-state index in [9.17, 15) is 0 Å². The molecule has 32 heavy (non-hydrogen) atoms. The van der Waals surface area contributed by atoms with Gasteiger partial charge in [-0.05, 0) is 24.3 Å². The van der Waals surface area contributed by atoms with Crippen molar-refractivity contribution < 1.29 is 28.4 Å². The number of rotatable bonds is 7. The van der Waals surface area contributed by atoms with Gasteiger partial charge in [-0.25, -0.2) is 0 Å². The molecule has 0 N–H and O–H groups in total. The van der Waals surface area contributed by atoms with Gasteiger partial charge in [0.25, 0.3) is 0 Å². The van der Waals surface area contributed by atoms with Crippen LogP contribution in [0, 0.1) is 0 Å². The third-order valence-corrected chi connectivity index (χ3v) is 5.66. The highest BCUT2D eigenvalue weighted by Gasteiger charge is 2.24. The van der Waals surface area contributed by atoms with Crippen LogP contribution in [0.2, 0.25) is 0 Å². The first-order valence-corrected chi connectivity index (χ1v) is 10.1. The molecule has 0 amide bonds. The Bertz CT molecular complexity index is 1190. The van der Waals surface area contributed by atoms with E-state index < -0.39 is 0 Å². The molecule has 0 fully saturated rings. The lowest BCUT2D eigenvalue weighted by molar-refractivity contribution is 0.397. The van der Waals surface area contributed by atoms with Crippen molar-refractivity contribution in [2.24, 2.45) is 0 Å². The zero-order chi connectivity index (χ0) is 22.8. The summed E-state index contributed by atoms with van der Waals surface area (Å²) in [4.78, 5) is 0. The van der Waals surface area contributed by atoms with Crippen LogP contribution in [0.25, 0.3) is 32.7 Å². The number of hydrogen-bond donors (Lipinski definition) is 0. The van der Waals surface area contributed by atoms with Gasteiger partial charge in [0.15, 0.2) is 0 Å². The third-order valence-electron chi connectivity index (χ3n) is 5.66. The molecule has 0 aliphatic heterocycles. The van der Waals surface area contributed by atoms with E-state index in [1.807, 2.05) is 48.5 Å². The summed E-state index contributed by atoms with van der Waals surface area (Å²) in [5, 5.41) is 3.40. The molecule has 4 aromatic carbocycles. The maximum Gasteiger partial charge on any atom is 0.138 e. The maximum absolute atomic E-state index is 5.93. The van der Waals surface area contributed by atoms with Crippen LogP contribution < -0.4 is 28.4 Å². The van der Waals surface area contributed by atoms with Gasteiger partial charge in [-0.1, -0.05) is 24.3 Å². The fourth-order valence-electron chi connectivity index (χ4n) is 4.26. The van der Waals surface area contributed by atoms with Crippen molar-refractivity contribution in [3.05, 3.63) is 48.5 Å². The highest BCUT2D eigenvalue weighted by atomic mass is 16.5. The molecule has 0 bridgehead atoms. The van der Waals surface area contributed by atoms with Crippen molar-refractivity contribution in [2.45, 2.75) is 0 Å². The summed E-state index contributed by atoms with van der Waals surface area (Å²) < 4.78 is 34.7. The van der Waals surface area contributed by atoms with E-state index in [2.05, 4.69) is 0 Å². The van der Waals surface area contributed by atoms with Gasteiger partial charge in [-0.3, -0.25) is 0 Å². The Labute approximate surface area is 187 Å². The van der Waals surface area contributed by atoms with E-state index >= 15 is 0 Å². The average molecular weight is 434 g/mol. The molecule has 0 heterocycles. The van der Waals surface area contributed by atoms with Gasteiger partial charge in [-0.2, -0.15) is 0 Å². The number of ether oxygens (including phenoxy) is 6. The first-order chi connectivity index (χ1) is 15.6. The summed E-state index contributed by atoms with van der Waals surface area (Å²) in [6.45, 7) is 0. The molecule has 0 saturated carbocycles. The van der Waals surface area contributed by atoms with Crippen LogP contribution in [0.15, 0.2) is 48.5 Å². The van der Waals surface area contributed by atoms with Gasteiger partial charge < -0.3 is 28.4 Å². The van der Waals surface area contributed by atoms with E-state index in [1.54, 1.807) is 42.7 Å². The van der Waals surface area contributed by atoms with Crippen LogP contribution >= 0.6 is 0 Å². The summed E-state index contributed by atoms with van der Waals surface area (Å²) in [6, 6.07) is 15.5. The molecule has 4 aromatic rings. The molecular weight excluding hydrogens is 408 g/mol. The van der Waals surface area contributed by atoms with E-state index in [0.717, 1.165) is 32.7 Å². The maximum atomic E-state index is 5.93. The highest BCUT2D eigenvalue weighted by molar-refractivity contribution is 6.08. The third kappa shape index (κ3) is 3.19. The molecule has 6 heteroatoms. The predicted octanol–water partition coefficient (Wildman–Crippen LogP) is 5.71. The first kappa shape index (κ1) is 21.4. The van der Waals surface area contributed by atoms with Gasteiger partial charge in [0.05, 0.1) is 53.4 Å². The fraction of sp³-hybridized carbons (Fsp3) is 0.231. The zero-order valence-electron chi connectivity index (χ0n) is 19.1. The van der Waals surface area contributed by atoms with Gasteiger partial charge >= 0.3 is 0 Å². The smallest absolute Gasteiger partial charge is 0.138 e. The monoisotopic (exact) mass is 434 g/mol. The van der Waals surface area contributed by atoms with Gasteiger partial charge in [0.2, 0.25) is 0 Å². The van der Waals surface area contributed by atoms with E-state index in [4.69, 9.17) is 28.4 Å². The molecule has 0 aromatic heterocycles. The molecule has 0 saturated heterocycles. The predicted molar refractivity (Wildman–Crippen MR) is 126 cm³/mol. The Hall–Kier alpha value is -3.80. The highest BCUT2D eigenvalue weighted by Crippen LogP contribution is 2.51. The first-order valence-electron chi connectivity index (χ1n) is 10.1. The Morgan fingerprint density at radius 1 is 0.438 bits per heavy atom. The van der Waals surface area contributed by atoms with Crippen molar-refractivity contribution >= 4 is 21.5 Å². The summed E-state index contributed by atoms with van der Waals surface area (Å²) in [7, 11) is 9.85. The molecule has 0 atom stereocenters. The van der Waals surface area contributed by atoms with Crippen LogP contribution in [0.3, 0.4) is 0 Å². The molecule has 0 radical (unpaired) electrons.